The van der Waals surface area contributed by atoms with Crippen LogP contribution in [0.5, 0.6) is 0 Å². The molecule has 1 aliphatic heterocycles. The molecular formula is C6H10N3. The number of aliphatic imine (C=N–C) groups is 1. The third-order valence-electron chi connectivity index (χ3n) is 1.02. The molecule has 49 valence electrons. The Balaban J connectivity index is 2.46. The van der Waals surface area contributed by atoms with E-state index in [1.165, 1.54) is 0 Å². The van der Waals surface area contributed by atoms with Gasteiger partial charge in [0.05, 0.1) is 0 Å². The zero-order valence-corrected chi connectivity index (χ0v) is 5.63. The first kappa shape index (κ1) is 6.29. The maximum atomic E-state index is 4.05. The first-order valence-corrected chi connectivity index (χ1v) is 2.81. The molecule has 9 heavy (non-hydrogen) atoms. The van der Waals surface area contributed by atoms with Gasteiger partial charge in [-0.25, -0.2) is 4.99 Å². The van der Waals surface area contributed by atoms with Gasteiger partial charge in [-0.3, -0.25) is 4.90 Å². The van der Waals surface area contributed by atoms with Crippen molar-refractivity contribution in [2.45, 2.75) is 0 Å². The molecule has 3 heteroatoms. The second kappa shape index (κ2) is 2.64. The number of hydrogen-bond acceptors (Lipinski definition) is 3. The summed E-state index contributed by atoms with van der Waals surface area (Å²) in [6, 6.07) is 0. The minimum atomic E-state index is 0.873. The third kappa shape index (κ3) is 1.54. The van der Waals surface area contributed by atoms with E-state index in [0.29, 0.717) is 0 Å². The molecule has 0 saturated heterocycles. The molecule has 0 atom stereocenters. The van der Waals surface area contributed by atoms with E-state index in [0.717, 1.165) is 6.29 Å². The van der Waals surface area contributed by atoms with Crippen LogP contribution >= 0.6 is 0 Å². The SMILES string of the molecule is CN(C)[C]1N=CC=CN1. The highest BCUT2D eigenvalue weighted by molar-refractivity contribution is 5.72. The summed E-state index contributed by atoms with van der Waals surface area (Å²) >= 11 is 0. The molecule has 1 aliphatic rings. The Morgan fingerprint density at radius 2 is 2.33 bits per heavy atom. The van der Waals surface area contributed by atoms with Crippen LogP contribution in [0.4, 0.5) is 0 Å². The van der Waals surface area contributed by atoms with Crippen LogP contribution in [0.1, 0.15) is 0 Å². The van der Waals surface area contributed by atoms with Crippen molar-refractivity contribution < 1.29 is 0 Å². The Bertz CT molecular complexity index is 137. The molecule has 1 heterocycles. The summed E-state index contributed by atoms with van der Waals surface area (Å²) in [5.74, 6) is 0. The second-order valence-corrected chi connectivity index (χ2v) is 2.00. The first-order valence-electron chi connectivity index (χ1n) is 2.81. The molecule has 0 amide bonds. The van der Waals surface area contributed by atoms with E-state index in [2.05, 4.69) is 10.3 Å². The van der Waals surface area contributed by atoms with Crippen LogP contribution in [-0.4, -0.2) is 25.2 Å². The average Bonchev–Trinajstić information content (AvgIpc) is 1.90. The minimum absolute atomic E-state index is 0.873. The second-order valence-electron chi connectivity index (χ2n) is 2.00. The van der Waals surface area contributed by atoms with Crippen molar-refractivity contribution in [2.75, 3.05) is 14.1 Å². The van der Waals surface area contributed by atoms with Crippen LogP contribution in [0.15, 0.2) is 17.3 Å². The lowest BCUT2D eigenvalue weighted by Crippen LogP contribution is -2.29. The van der Waals surface area contributed by atoms with Gasteiger partial charge in [0.2, 0.25) is 6.29 Å². The minimum Gasteiger partial charge on any atom is -0.350 e. The lowest BCUT2D eigenvalue weighted by molar-refractivity contribution is 0.386. The molecule has 1 rings (SSSR count). The number of allylic oxidation sites excluding steroid dienone is 1. The Morgan fingerprint density at radius 3 is 2.67 bits per heavy atom. The zero-order valence-electron chi connectivity index (χ0n) is 5.63. The van der Waals surface area contributed by atoms with Crippen LogP contribution in [0.2, 0.25) is 0 Å². The molecule has 0 fully saturated rings. The van der Waals surface area contributed by atoms with Gasteiger partial charge < -0.3 is 5.32 Å². The Morgan fingerprint density at radius 1 is 1.56 bits per heavy atom. The van der Waals surface area contributed by atoms with Crippen molar-refractivity contribution >= 4 is 6.21 Å². The molecule has 1 radical (unpaired) electrons. The van der Waals surface area contributed by atoms with Crippen molar-refractivity contribution in [1.82, 2.24) is 10.2 Å². The number of hydrogen-bond donors (Lipinski definition) is 1. The predicted octanol–water partition coefficient (Wildman–Crippen LogP) is 0.183. The highest BCUT2D eigenvalue weighted by Gasteiger charge is 2.07. The van der Waals surface area contributed by atoms with Crippen molar-refractivity contribution in [1.29, 1.82) is 0 Å². The van der Waals surface area contributed by atoms with Crippen LogP contribution < -0.4 is 5.32 Å². The lowest BCUT2D eigenvalue weighted by atomic mass is 10.5. The van der Waals surface area contributed by atoms with Crippen LogP contribution in [0.25, 0.3) is 0 Å². The topological polar surface area (TPSA) is 27.6 Å². The van der Waals surface area contributed by atoms with E-state index in [1.807, 2.05) is 31.3 Å². The fourth-order valence-electron chi connectivity index (χ4n) is 0.561. The predicted molar refractivity (Wildman–Crippen MR) is 37.7 cm³/mol. The van der Waals surface area contributed by atoms with E-state index in [1.54, 1.807) is 6.21 Å². The summed E-state index contributed by atoms with van der Waals surface area (Å²) in [6.45, 7) is 0. The normalized spacial score (nSPS) is 18.6. The van der Waals surface area contributed by atoms with Crippen LogP contribution in [-0.2, 0) is 0 Å². The molecule has 1 N–H and O–H groups in total. The molecule has 0 spiro atoms. The maximum Gasteiger partial charge on any atom is 0.246 e. The summed E-state index contributed by atoms with van der Waals surface area (Å²) < 4.78 is 0. The summed E-state index contributed by atoms with van der Waals surface area (Å²) in [5.41, 5.74) is 0. The van der Waals surface area contributed by atoms with E-state index >= 15 is 0 Å². The number of rotatable bonds is 1. The Hall–Kier alpha value is -0.830. The van der Waals surface area contributed by atoms with Gasteiger partial charge in [-0.15, -0.1) is 0 Å². The van der Waals surface area contributed by atoms with E-state index in [4.69, 9.17) is 0 Å². The molecule has 3 nitrogen and oxygen atoms in total. The van der Waals surface area contributed by atoms with Crippen molar-refractivity contribution in [3.8, 4) is 0 Å². The quantitative estimate of drug-likeness (QED) is 0.540. The van der Waals surface area contributed by atoms with Gasteiger partial charge in [-0.1, -0.05) is 0 Å². The third-order valence-corrected chi connectivity index (χ3v) is 1.02. The van der Waals surface area contributed by atoms with Gasteiger partial charge in [0.25, 0.3) is 0 Å². The van der Waals surface area contributed by atoms with E-state index in [-0.39, 0.29) is 0 Å². The summed E-state index contributed by atoms with van der Waals surface area (Å²) in [6.07, 6.45) is 6.33. The van der Waals surface area contributed by atoms with Gasteiger partial charge in [0.1, 0.15) is 0 Å². The molecule has 0 saturated carbocycles. The zero-order chi connectivity index (χ0) is 6.69. The van der Waals surface area contributed by atoms with E-state index in [9.17, 15) is 0 Å². The largest absolute Gasteiger partial charge is 0.350 e. The monoisotopic (exact) mass is 124 g/mol. The van der Waals surface area contributed by atoms with Crippen molar-refractivity contribution in [3.63, 3.8) is 0 Å². The lowest BCUT2D eigenvalue weighted by Gasteiger charge is -2.19. The summed E-state index contributed by atoms with van der Waals surface area (Å²) in [5, 5.41) is 2.98. The van der Waals surface area contributed by atoms with E-state index < -0.39 is 0 Å². The molecular weight excluding hydrogens is 114 g/mol. The van der Waals surface area contributed by atoms with Crippen molar-refractivity contribution in [2.24, 2.45) is 4.99 Å². The Labute approximate surface area is 55.1 Å². The van der Waals surface area contributed by atoms with Crippen LogP contribution in [0.3, 0.4) is 0 Å². The van der Waals surface area contributed by atoms with Gasteiger partial charge >= 0.3 is 0 Å². The van der Waals surface area contributed by atoms with Crippen molar-refractivity contribution in [3.05, 3.63) is 18.6 Å². The fraction of sp³-hybridized carbons (Fsp3) is 0.333. The molecule has 0 bridgehead atoms. The molecule has 0 aromatic heterocycles. The summed E-state index contributed by atoms with van der Waals surface area (Å²) in [7, 11) is 3.89. The van der Waals surface area contributed by atoms with Gasteiger partial charge in [-0.05, 0) is 20.2 Å². The smallest absolute Gasteiger partial charge is 0.246 e. The average molecular weight is 124 g/mol. The first-order chi connectivity index (χ1) is 4.30. The number of nitrogens with zero attached hydrogens (tertiary/aromatic N) is 2. The Kier molecular flexibility index (Phi) is 1.85. The van der Waals surface area contributed by atoms with Gasteiger partial charge in [0.15, 0.2) is 0 Å². The maximum absolute atomic E-state index is 4.05. The highest BCUT2D eigenvalue weighted by atomic mass is 15.3. The number of nitrogens with one attached hydrogen (secondary N) is 1. The standard InChI is InChI=1S/C6H10N3/c1-9(2)6-7-4-3-5-8-6/h3-5,7H,1-2H3. The summed E-state index contributed by atoms with van der Waals surface area (Å²) in [4.78, 5) is 5.97. The molecule has 0 aromatic rings. The van der Waals surface area contributed by atoms with Gasteiger partial charge in [-0.2, -0.15) is 0 Å². The van der Waals surface area contributed by atoms with Crippen LogP contribution in [0, 0.1) is 6.29 Å². The fourth-order valence-corrected chi connectivity index (χ4v) is 0.561. The van der Waals surface area contributed by atoms with Gasteiger partial charge in [0, 0.05) is 12.4 Å². The molecule has 0 aromatic carbocycles. The molecule has 0 aliphatic carbocycles. The molecule has 0 unspecified atom stereocenters. The highest BCUT2D eigenvalue weighted by Crippen LogP contribution is 2.01.